The van der Waals surface area contributed by atoms with E-state index in [4.69, 9.17) is 0 Å². The Kier molecular flexibility index (Phi) is 4.48. The monoisotopic (exact) mass is 417 g/mol. The zero-order chi connectivity index (χ0) is 19.0. The van der Waals surface area contributed by atoms with E-state index in [1.54, 1.807) is 22.7 Å². The van der Waals surface area contributed by atoms with Gasteiger partial charge in [0.1, 0.15) is 0 Å². The van der Waals surface area contributed by atoms with E-state index in [9.17, 15) is 4.57 Å². The minimum Gasteiger partial charge on any atom is -0.307 e. The summed E-state index contributed by atoms with van der Waals surface area (Å²) in [5.41, 5.74) is 1.88. The van der Waals surface area contributed by atoms with Crippen molar-refractivity contribution < 1.29 is 4.57 Å². The number of aromatic nitrogens is 1. The normalized spacial score (nSPS) is 11.7. The minimum absolute atomic E-state index is 0.852. The molecule has 3 aromatic heterocycles. The Balaban J connectivity index is 1.67. The smallest absolute Gasteiger partial charge is 0.190 e. The lowest BCUT2D eigenvalue weighted by Crippen LogP contribution is -2.21. The molecule has 0 aliphatic carbocycles. The van der Waals surface area contributed by atoms with Crippen molar-refractivity contribution in [2.45, 2.75) is 0 Å². The Morgan fingerprint density at radius 1 is 0.714 bits per heavy atom. The Hall–Kier alpha value is -2.52. The van der Waals surface area contributed by atoms with Gasteiger partial charge in [0.15, 0.2) is 7.14 Å². The topological polar surface area (TPSA) is 30.0 Å². The molecule has 28 heavy (non-hydrogen) atoms. The third-order valence-corrected chi connectivity index (χ3v) is 10.8. The van der Waals surface area contributed by atoms with Crippen LogP contribution in [-0.4, -0.2) is 4.98 Å². The van der Waals surface area contributed by atoms with Crippen LogP contribution in [0.25, 0.3) is 22.0 Å². The van der Waals surface area contributed by atoms with Gasteiger partial charge in [0.25, 0.3) is 0 Å². The van der Waals surface area contributed by atoms with Gasteiger partial charge in [0, 0.05) is 22.5 Å². The van der Waals surface area contributed by atoms with Crippen molar-refractivity contribution in [2.24, 2.45) is 0 Å². The second-order valence-corrected chi connectivity index (χ2v) is 11.7. The Morgan fingerprint density at radius 2 is 1.43 bits per heavy atom. The van der Waals surface area contributed by atoms with Crippen molar-refractivity contribution in [2.75, 3.05) is 0 Å². The second kappa shape index (κ2) is 7.14. The summed E-state index contributed by atoms with van der Waals surface area (Å²) in [5, 5.41) is 7.10. The molecule has 2 aromatic carbocycles. The van der Waals surface area contributed by atoms with Gasteiger partial charge in [0.2, 0.25) is 0 Å². The third-order valence-electron chi connectivity index (χ3n) is 4.77. The molecule has 0 atom stereocenters. The number of hydrogen-bond acceptors (Lipinski definition) is 4. The first-order valence-corrected chi connectivity index (χ1v) is 12.4. The van der Waals surface area contributed by atoms with Crippen LogP contribution in [0.3, 0.4) is 0 Å². The average molecular weight is 417 g/mol. The summed E-state index contributed by atoms with van der Waals surface area (Å²) in [6.45, 7) is 0. The van der Waals surface area contributed by atoms with Crippen molar-refractivity contribution in [3.63, 3.8) is 0 Å². The molecule has 2 nitrogen and oxygen atoms in total. The number of nitrogens with zero attached hydrogens (tertiary/aromatic N) is 1. The molecule has 5 rings (SSSR count). The fraction of sp³-hybridized carbons (Fsp3) is 0. The van der Waals surface area contributed by atoms with Crippen molar-refractivity contribution in [1.82, 2.24) is 4.98 Å². The molecule has 5 aromatic rings. The summed E-state index contributed by atoms with van der Waals surface area (Å²) in [5.74, 6) is 0. The highest BCUT2D eigenvalue weighted by atomic mass is 32.1. The van der Waals surface area contributed by atoms with E-state index in [0.717, 1.165) is 36.6 Å². The molecule has 0 bridgehead atoms. The molecule has 0 radical (unpaired) electrons. The number of fused-ring (bicyclic) bond motifs is 1. The first kappa shape index (κ1) is 17.6. The van der Waals surface area contributed by atoms with Crippen molar-refractivity contribution in [3.05, 3.63) is 95.8 Å². The maximum Gasteiger partial charge on any atom is 0.190 e. The molecule has 5 heteroatoms. The van der Waals surface area contributed by atoms with Crippen LogP contribution in [0.15, 0.2) is 95.8 Å². The molecule has 0 saturated carbocycles. The number of benzene rings is 2. The highest BCUT2D eigenvalue weighted by Crippen LogP contribution is 2.45. The highest BCUT2D eigenvalue weighted by Gasteiger charge is 2.32. The summed E-state index contributed by atoms with van der Waals surface area (Å²) in [6.07, 6.45) is 1.90. The lowest BCUT2D eigenvalue weighted by Gasteiger charge is -2.17. The summed E-state index contributed by atoms with van der Waals surface area (Å²) in [7, 11) is -2.87. The molecule has 0 saturated heterocycles. The van der Waals surface area contributed by atoms with Crippen LogP contribution in [-0.2, 0) is 4.57 Å². The van der Waals surface area contributed by atoms with E-state index in [-0.39, 0.29) is 0 Å². The number of hydrogen-bond donors (Lipinski definition) is 0. The van der Waals surface area contributed by atoms with E-state index in [1.165, 1.54) is 0 Å². The van der Waals surface area contributed by atoms with Crippen molar-refractivity contribution in [3.8, 4) is 11.3 Å². The van der Waals surface area contributed by atoms with Crippen molar-refractivity contribution in [1.29, 1.82) is 0 Å². The molecule has 0 spiro atoms. The lowest BCUT2D eigenvalue weighted by molar-refractivity contribution is 0.593. The zero-order valence-corrected chi connectivity index (χ0v) is 17.4. The standard InChI is InChI=1S/C23H16NOPS2/c25-26(22-10-4-12-27-22,23-11-5-13-28-23)20-9-3-8-18(14-20)21-15-17-6-1-2-7-19(17)16-24-21/h1-16H. The summed E-state index contributed by atoms with van der Waals surface area (Å²) in [4.78, 5) is 4.64. The van der Waals surface area contributed by atoms with Crippen molar-refractivity contribution >= 4 is 55.1 Å². The van der Waals surface area contributed by atoms with Gasteiger partial charge >= 0.3 is 0 Å². The quantitative estimate of drug-likeness (QED) is 0.353. The summed E-state index contributed by atoms with van der Waals surface area (Å²) >= 11 is 3.11. The number of pyridine rings is 1. The van der Waals surface area contributed by atoms with Gasteiger partial charge in [-0.3, -0.25) is 4.98 Å². The van der Waals surface area contributed by atoms with Gasteiger partial charge in [-0.05, 0) is 40.4 Å². The average Bonchev–Trinajstić information content (AvgIpc) is 3.47. The van der Waals surface area contributed by atoms with E-state index in [0.29, 0.717) is 0 Å². The van der Waals surface area contributed by atoms with E-state index < -0.39 is 7.14 Å². The molecule has 0 amide bonds. The maximum atomic E-state index is 14.3. The molecule has 0 aliphatic rings. The van der Waals surface area contributed by atoms with E-state index >= 15 is 0 Å². The molecule has 3 heterocycles. The second-order valence-electron chi connectivity index (χ2n) is 6.48. The summed E-state index contributed by atoms with van der Waals surface area (Å²) in [6, 6.07) is 26.2. The SMILES string of the molecule is O=P(c1cccc(-c2cc3ccccc3cn2)c1)(c1cccs1)c1cccs1. The Bertz CT molecular complexity index is 1260. The largest absolute Gasteiger partial charge is 0.307 e. The van der Waals surface area contributed by atoms with Gasteiger partial charge in [-0.2, -0.15) is 0 Å². The number of rotatable bonds is 4. The Morgan fingerprint density at radius 3 is 2.11 bits per heavy atom. The van der Waals surface area contributed by atoms with Gasteiger partial charge in [-0.1, -0.05) is 54.6 Å². The van der Waals surface area contributed by atoms with Crippen LogP contribution in [0.4, 0.5) is 0 Å². The summed E-state index contributed by atoms with van der Waals surface area (Å²) < 4.78 is 16.2. The van der Waals surface area contributed by atoms with Gasteiger partial charge < -0.3 is 4.57 Å². The predicted octanol–water partition coefficient (Wildman–Crippen LogP) is 5.66. The Labute approximate surface area is 171 Å². The zero-order valence-electron chi connectivity index (χ0n) is 14.9. The molecule has 0 aliphatic heterocycles. The van der Waals surface area contributed by atoms with Crippen LogP contribution in [0.1, 0.15) is 0 Å². The molecular weight excluding hydrogens is 401 g/mol. The van der Waals surface area contributed by atoms with Crippen LogP contribution < -0.4 is 14.5 Å². The first-order chi connectivity index (χ1) is 13.7. The van der Waals surface area contributed by atoms with Gasteiger partial charge in [-0.25, -0.2) is 0 Å². The van der Waals surface area contributed by atoms with Crippen LogP contribution >= 0.6 is 29.8 Å². The van der Waals surface area contributed by atoms with Crippen LogP contribution in [0.5, 0.6) is 0 Å². The van der Waals surface area contributed by atoms with Gasteiger partial charge in [-0.15, -0.1) is 22.7 Å². The van der Waals surface area contributed by atoms with E-state index in [1.807, 2.05) is 77.6 Å². The molecule has 0 fully saturated rings. The molecule has 0 N–H and O–H groups in total. The van der Waals surface area contributed by atoms with Crippen LogP contribution in [0, 0.1) is 0 Å². The fourth-order valence-corrected chi connectivity index (χ4v) is 9.15. The lowest BCUT2D eigenvalue weighted by atomic mass is 10.1. The first-order valence-electron chi connectivity index (χ1n) is 8.89. The molecular formula is C23H16NOPS2. The predicted molar refractivity (Wildman–Crippen MR) is 122 cm³/mol. The third kappa shape index (κ3) is 2.94. The number of thiophene rings is 2. The van der Waals surface area contributed by atoms with E-state index in [2.05, 4.69) is 23.2 Å². The minimum atomic E-state index is -2.87. The maximum absolute atomic E-state index is 14.3. The van der Waals surface area contributed by atoms with Gasteiger partial charge in [0.05, 0.1) is 14.9 Å². The fourth-order valence-electron chi connectivity index (χ4n) is 3.36. The molecule has 0 unspecified atom stereocenters. The highest BCUT2D eigenvalue weighted by molar-refractivity contribution is 7.92. The van der Waals surface area contributed by atoms with Crippen LogP contribution in [0.2, 0.25) is 0 Å². The molecule has 136 valence electrons.